The zero-order valence-corrected chi connectivity index (χ0v) is 9.32. The predicted molar refractivity (Wildman–Crippen MR) is 60.3 cm³/mol. The summed E-state index contributed by atoms with van der Waals surface area (Å²) in [6, 6.07) is 9.14. The number of hydrogen-bond acceptors (Lipinski definition) is 4. The Kier molecular flexibility index (Phi) is 2.87. The Morgan fingerprint density at radius 2 is 2.06 bits per heavy atom. The maximum Gasteiger partial charge on any atom is 0.355 e. The van der Waals surface area contributed by atoms with E-state index in [1.54, 1.807) is 19.1 Å². The van der Waals surface area contributed by atoms with E-state index in [-0.39, 0.29) is 5.69 Å². The second-order valence-electron chi connectivity index (χ2n) is 3.10. The Morgan fingerprint density at radius 3 is 2.62 bits per heavy atom. The van der Waals surface area contributed by atoms with E-state index < -0.39 is 5.97 Å². The lowest BCUT2D eigenvalue weighted by Crippen LogP contribution is -1.98. The Bertz CT molecular complexity index is 507. The van der Waals surface area contributed by atoms with Crippen molar-refractivity contribution in [2.45, 2.75) is 6.92 Å². The van der Waals surface area contributed by atoms with Crippen LogP contribution >= 0.6 is 11.3 Å². The zero-order valence-electron chi connectivity index (χ0n) is 8.51. The summed E-state index contributed by atoms with van der Waals surface area (Å²) in [5.41, 5.74) is 0.0518. The average molecular weight is 235 g/mol. The van der Waals surface area contributed by atoms with Gasteiger partial charge in [0.05, 0.1) is 0 Å². The minimum absolute atomic E-state index is 0.0518. The van der Waals surface area contributed by atoms with Crippen molar-refractivity contribution < 1.29 is 14.6 Å². The van der Waals surface area contributed by atoms with Gasteiger partial charge in [-0.25, -0.2) is 4.79 Å². The monoisotopic (exact) mass is 235 g/mol. The summed E-state index contributed by atoms with van der Waals surface area (Å²) in [6.45, 7) is 1.71. The first-order valence-electron chi connectivity index (χ1n) is 4.60. The number of nitrogens with zero attached hydrogens (tertiary/aromatic N) is 1. The molecule has 0 saturated carbocycles. The molecule has 1 N–H and O–H groups in total. The molecule has 0 saturated heterocycles. The minimum Gasteiger partial charge on any atom is -0.476 e. The third kappa shape index (κ3) is 2.20. The standard InChI is InChI=1S/C11H9NO3S/c1-7-9(10(13)14)12-11(16-7)15-8-5-3-2-4-6-8/h2-6H,1H3,(H,13,14). The van der Waals surface area contributed by atoms with Gasteiger partial charge in [-0.05, 0) is 19.1 Å². The molecular formula is C11H9NO3S. The van der Waals surface area contributed by atoms with Crippen LogP contribution in [0.15, 0.2) is 30.3 Å². The van der Waals surface area contributed by atoms with Gasteiger partial charge in [0.15, 0.2) is 5.69 Å². The molecule has 5 heteroatoms. The van der Waals surface area contributed by atoms with Gasteiger partial charge in [0.25, 0.3) is 5.19 Å². The highest BCUT2D eigenvalue weighted by Crippen LogP contribution is 2.28. The average Bonchev–Trinajstić information content (AvgIpc) is 2.61. The van der Waals surface area contributed by atoms with Crippen LogP contribution in [-0.4, -0.2) is 16.1 Å². The summed E-state index contributed by atoms with van der Waals surface area (Å²) in [4.78, 5) is 15.3. The summed E-state index contributed by atoms with van der Waals surface area (Å²) in [7, 11) is 0. The highest BCUT2D eigenvalue weighted by Gasteiger charge is 2.15. The van der Waals surface area contributed by atoms with Crippen LogP contribution in [0.5, 0.6) is 10.9 Å². The van der Waals surface area contributed by atoms with Crippen molar-refractivity contribution in [3.8, 4) is 10.9 Å². The molecule has 0 unspecified atom stereocenters. The Balaban J connectivity index is 2.23. The van der Waals surface area contributed by atoms with Gasteiger partial charge in [-0.2, -0.15) is 4.98 Å². The van der Waals surface area contributed by atoms with Gasteiger partial charge >= 0.3 is 5.97 Å². The van der Waals surface area contributed by atoms with E-state index in [9.17, 15) is 4.79 Å². The van der Waals surface area contributed by atoms with Gasteiger partial charge < -0.3 is 9.84 Å². The highest BCUT2D eigenvalue weighted by molar-refractivity contribution is 7.13. The van der Waals surface area contributed by atoms with Crippen LogP contribution in [0.4, 0.5) is 0 Å². The number of benzene rings is 1. The van der Waals surface area contributed by atoms with E-state index in [0.29, 0.717) is 15.8 Å². The third-order valence-electron chi connectivity index (χ3n) is 1.93. The number of aryl methyl sites for hydroxylation is 1. The fourth-order valence-corrected chi connectivity index (χ4v) is 1.97. The summed E-state index contributed by atoms with van der Waals surface area (Å²) in [5.74, 6) is -0.384. The second-order valence-corrected chi connectivity index (χ2v) is 4.27. The molecule has 1 aromatic heterocycles. The maximum absolute atomic E-state index is 10.8. The zero-order chi connectivity index (χ0) is 11.5. The van der Waals surface area contributed by atoms with Gasteiger partial charge in [-0.3, -0.25) is 0 Å². The lowest BCUT2D eigenvalue weighted by molar-refractivity contribution is 0.0690. The van der Waals surface area contributed by atoms with Crippen LogP contribution in [0.3, 0.4) is 0 Å². The van der Waals surface area contributed by atoms with Crippen molar-refractivity contribution in [3.63, 3.8) is 0 Å². The number of carbonyl (C=O) groups is 1. The van der Waals surface area contributed by atoms with E-state index in [1.807, 2.05) is 18.2 Å². The molecule has 0 bridgehead atoms. The molecule has 0 aliphatic heterocycles. The molecule has 0 amide bonds. The molecule has 0 aliphatic carbocycles. The maximum atomic E-state index is 10.8. The molecule has 1 heterocycles. The van der Waals surface area contributed by atoms with Crippen molar-refractivity contribution in [3.05, 3.63) is 40.9 Å². The lowest BCUT2D eigenvalue weighted by atomic mass is 10.3. The predicted octanol–water partition coefficient (Wildman–Crippen LogP) is 2.94. The molecule has 0 fully saturated rings. The molecule has 2 rings (SSSR count). The number of thiazole rings is 1. The smallest absolute Gasteiger partial charge is 0.355 e. The number of para-hydroxylation sites is 1. The summed E-state index contributed by atoms with van der Waals surface area (Å²) in [5, 5.41) is 9.18. The van der Waals surface area contributed by atoms with Crippen molar-refractivity contribution in [2.24, 2.45) is 0 Å². The fourth-order valence-electron chi connectivity index (χ4n) is 1.20. The van der Waals surface area contributed by atoms with Crippen LogP contribution < -0.4 is 4.74 Å². The Labute approximate surface area is 96.1 Å². The molecule has 0 radical (unpaired) electrons. The van der Waals surface area contributed by atoms with E-state index >= 15 is 0 Å². The number of carboxylic acid groups (broad SMARTS) is 1. The first-order chi connectivity index (χ1) is 7.66. The van der Waals surface area contributed by atoms with Gasteiger partial charge in [0.1, 0.15) is 5.75 Å². The molecular weight excluding hydrogens is 226 g/mol. The summed E-state index contributed by atoms with van der Waals surface area (Å²) in [6.07, 6.45) is 0. The van der Waals surface area contributed by atoms with Gasteiger partial charge in [-0.1, -0.05) is 29.5 Å². The topological polar surface area (TPSA) is 59.4 Å². The van der Waals surface area contributed by atoms with E-state index in [0.717, 1.165) is 0 Å². The largest absolute Gasteiger partial charge is 0.476 e. The van der Waals surface area contributed by atoms with E-state index in [2.05, 4.69) is 4.98 Å². The molecule has 0 atom stereocenters. The first kappa shape index (κ1) is 10.6. The minimum atomic E-state index is -1.03. The van der Waals surface area contributed by atoms with Gasteiger partial charge in [-0.15, -0.1) is 0 Å². The number of ether oxygens (including phenoxy) is 1. The molecule has 0 spiro atoms. The van der Waals surface area contributed by atoms with Crippen LogP contribution in [0.25, 0.3) is 0 Å². The first-order valence-corrected chi connectivity index (χ1v) is 5.42. The fraction of sp³-hybridized carbons (Fsp3) is 0.0909. The summed E-state index contributed by atoms with van der Waals surface area (Å²) >= 11 is 1.22. The van der Waals surface area contributed by atoms with Crippen molar-refractivity contribution >= 4 is 17.3 Å². The van der Waals surface area contributed by atoms with E-state index in [1.165, 1.54) is 11.3 Å². The Morgan fingerprint density at radius 1 is 1.38 bits per heavy atom. The van der Waals surface area contributed by atoms with Crippen LogP contribution in [0, 0.1) is 6.92 Å². The van der Waals surface area contributed by atoms with Crippen molar-refractivity contribution in [1.29, 1.82) is 0 Å². The van der Waals surface area contributed by atoms with E-state index in [4.69, 9.17) is 9.84 Å². The normalized spacial score (nSPS) is 10.1. The van der Waals surface area contributed by atoms with Crippen molar-refractivity contribution in [2.75, 3.05) is 0 Å². The van der Waals surface area contributed by atoms with Crippen LogP contribution in [-0.2, 0) is 0 Å². The lowest BCUT2D eigenvalue weighted by Gasteiger charge is -1.99. The van der Waals surface area contributed by atoms with Crippen molar-refractivity contribution in [1.82, 2.24) is 4.98 Å². The highest BCUT2D eigenvalue weighted by atomic mass is 32.1. The van der Waals surface area contributed by atoms with Gasteiger partial charge in [0.2, 0.25) is 0 Å². The molecule has 16 heavy (non-hydrogen) atoms. The molecule has 1 aromatic carbocycles. The molecule has 4 nitrogen and oxygen atoms in total. The quantitative estimate of drug-likeness (QED) is 0.888. The SMILES string of the molecule is Cc1sc(Oc2ccccc2)nc1C(=O)O. The summed E-state index contributed by atoms with van der Waals surface area (Å²) < 4.78 is 5.43. The number of rotatable bonds is 3. The van der Waals surface area contributed by atoms with Crippen LogP contribution in [0.1, 0.15) is 15.4 Å². The second kappa shape index (κ2) is 4.32. The molecule has 0 aliphatic rings. The number of hydrogen-bond donors (Lipinski definition) is 1. The van der Waals surface area contributed by atoms with Gasteiger partial charge in [0, 0.05) is 4.88 Å². The number of aromatic nitrogens is 1. The molecule has 82 valence electrons. The Hall–Kier alpha value is -1.88. The number of carboxylic acids is 1. The number of aromatic carboxylic acids is 1. The van der Waals surface area contributed by atoms with Crippen LogP contribution in [0.2, 0.25) is 0 Å². The molecule has 2 aromatic rings. The third-order valence-corrected chi connectivity index (χ3v) is 2.78.